The smallest absolute Gasteiger partial charge is 0.142 e. The van der Waals surface area contributed by atoms with Crippen molar-refractivity contribution in [2.75, 3.05) is 0 Å². The van der Waals surface area contributed by atoms with Gasteiger partial charge in [0.2, 0.25) is 0 Å². The van der Waals surface area contributed by atoms with Crippen molar-refractivity contribution in [3.63, 3.8) is 0 Å². The number of benzene rings is 2. The normalized spacial score (nSPS) is 10.5. The summed E-state index contributed by atoms with van der Waals surface area (Å²) in [5.74, 6) is -0.432. The summed E-state index contributed by atoms with van der Waals surface area (Å²) in [6, 6.07) is 12.1. The molecular formula is C13H10ClFOS. The van der Waals surface area contributed by atoms with Crippen molar-refractivity contribution >= 4 is 23.4 Å². The Labute approximate surface area is 108 Å². The Morgan fingerprint density at radius 1 is 1.18 bits per heavy atom. The van der Waals surface area contributed by atoms with Crippen LogP contribution >= 0.6 is 23.4 Å². The molecule has 0 radical (unpaired) electrons. The number of rotatable bonds is 3. The van der Waals surface area contributed by atoms with Gasteiger partial charge in [-0.3, -0.25) is 0 Å². The summed E-state index contributed by atoms with van der Waals surface area (Å²) >= 11 is 7.02. The fourth-order valence-corrected chi connectivity index (χ4v) is 2.48. The van der Waals surface area contributed by atoms with E-state index in [0.29, 0.717) is 0 Å². The highest BCUT2D eigenvalue weighted by atomic mass is 35.5. The summed E-state index contributed by atoms with van der Waals surface area (Å²) in [6.07, 6.45) is 0. The highest BCUT2D eigenvalue weighted by molar-refractivity contribution is 7.99. The summed E-state index contributed by atoms with van der Waals surface area (Å²) < 4.78 is 13.3. The quantitative estimate of drug-likeness (QED) is 0.903. The van der Waals surface area contributed by atoms with Gasteiger partial charge in [0.05, 0.1) is 11.6 Å². The van der Waals surface area contributed by atoms with E-state index in [1.165, 1.54) is 23.9 Å². The average Bonchev–Trinajstić information content (AvgIpc) is 2.34. The maximum atomic E-state index is 13.3. The van der Waals surface area contributed by atoms with E-state index in [-0.39, 0.29) is 11.6 Å². The van der Waals surface area contributed by atoms with Crippen LogP contribution < -0.4 is 0 Å². The third kappa shape index (κ3) is 3.00. The van der Waals surface area contributed by atoms with Crippen LogP contribution in [0.1, 0.15) is 5.56 Å². The molecule has 0 aliphatic heterocycles. The zero-order valence-electron chi connectivity index (χ0n) is 8.86. The lowest BCUT2D eigenvalue weighted by Crippen LogP contribution is -1.87. The summed E-state index contributed by atoms with van der Waals surface area (Å²) in [5.41, 5.74) is 0.827. The maximum Gasteiger partial charge on any atom is 0.142 e. The Bertz CT molecular complexity index is 531. The molecule has 17 heavy (non-hydrogen) atoms. The van der Waals surface area contributed by atoms with Gasteiger partial charge in [-0.25, -0.2) is 4.39 Å². The molecule has 0 aliphatic rings. The molecule has 0 fully saturated rings. The molecule has 0 spiro atoms. The van der Waals surface area contributed by atoms with Gasteiger partial charge in [0.25, 0.3) is 0 Å². The first-order valence-corrected chi connectivity index (χ1v) is 6.22. The Kier molecular flexibility index (Phi) is 4.05. The molecule has 2 aromatic carbocycles. The molecule has 0 aliphatic carbocycles. The predicted octanol–water partition coefficient (Wildman–Crippen LogP) is 4.12. The van der Waals surface area contributed by atoms with Crippen LogP contribution in [0, 0.1) is 5.82 Å². The van der Waals surface area contributed by atoms with Crippen LogP contribution in [-0.2, 0) is 6.61 Å². The molecule has 1 N–H and O–H groups in total. The van der Waals surface area contributed by atoms with Gasteiger partial charge in [-0.15, -0.1) is 0 Å². The van der Waals surface area contributed by atoms with Crippen molar-refractivity contribution in [1.29, 1.82) is 0 Å². The first kappa shape index (κ1) is 12.4. The molecule has 0 aromatic heterocycles. The van der Waals surface area contributed by atoms with Crippen molar-refractivity contribution in [2.45, 2.75) is 16.4 Å². The fraction of sp³-hybridized carbons (Fsp3) is 0.0769. The van der Waals surface area contributed by atoms with Crippen LogP contribution in [0.4, 0.5) is 4.39 Å². The van der Waals surface area contributed by atoms with E-state index >= 15 is 0 Å². The van der Waals surface area contributed by atoms with Gasteiger partial charge in [-0.2, -0.15) is 0 Å². The standard InChI is InChI=1S/C13H10ClFOS/c14-11-6-5-10(7-12(11)15)17-13-4-2-1-3-9(13)8-16/h1-7,16H,8H2. The third-order valence-electron chi connectivity index (χ3n) is 2.26. The molecule has 88 valence electrons. The Morgan fingerprint density at radius 3 is 2.65 bits per heavy atom. The lowest BCUT2D eigenvalue weighted by Gasteiger charge is -2.07. The zero-order valence-corrected chi connectivity index (χ0v) is 10.4. The molecule has 4 heteroatoms. The second-order valence-electron chi connectivity index (χ2n) is 3.44. The second kappa shape index (κ2) is 5.54. The minimum atomic E-state index is -0.432. The van der Waals surface area contributed by atoms with Crippen molar-refractivity contribution in [3.8, 4) is 0 Å². The van der Waals surface area contributed by atoms with Crippen LogP contribution in [0.25, 0.3) is 0 Å². The molecule has 1 nitrogen and oxygen atoms in total. The van der Waals surface area contributed by atoms with Gasteiger partial charge < -0.3 is 5.11 Å². The lowest BCUT2D eigenvalue weighted by atomic mass is 10.2. The summed E-state index contributed by atoms with van der Waals surface area (Å²) in [4.78, 5) is 1.67. The molecular weight excluding hydrogens is 259 g/mol. The molecule has 0 saturated heterocycles. The number of aliphatic hydroxyl groups is 1. The Hall–Kier alpha value is -1.03. The van der Waals surface area contributed by atoms with Crippen molar-refractivity contribution in [2.24, 2.45) is 0 Å². The van der Waals surface area contributed by atoms with Gasteiger partial charge in [-0.1, -0.05) is 41.6 Å². The van der Waals surface area contributed by atoms with E-state index in [1.54, 1.807) is 6.07 Å². The summed E-state index contributed by atoms with van der Waals surface area (Å²) in [7, 11) is 0. The van der Waals surface area contributed by atoms with Crippen LogP contribution in [0.3, 0.4) is 0 Å². The number of hydrogen-bond donors (Lipinski definition) is 1. The highest BCUT2D eigenvalue weighted by Crippen LogP contribution is 2.32. The second-order valence-corrected chi connectivity index (χ2v) is 4.97. The SMILES string of the molecule is OCc1ccccc1Sc1ccc(Cl)c(F)c1. The highest BCUT2D eigenvalue weighted by Gasteiger charge is 2.05. The van der Waals surface area contributed by atoms with Gasteiger partial charge in [-0.05, 0) is 29.8 Å². The van der Waals surface area contributed by atoms with Gasteiger partial charge in [0.15, 0.2) is 0 Å². The van der Waals surface area contributed by atoms with Crippen molar-refractivity contribution in [3.05, 3.63) is 58.9 Å². The molecule has 0 heterocycles. The molecule has 0 saturated carbocycles. The van der Waals surface area contributed by atoms with E-state index in [9.17, 15) is 9.50 Å². The monoisotopic (exact) mass is 268 g/mol. The van der Waals surface area contributed by atoms with E-state index in [4.69, 9.17) is 11.6 Å². The number of hydrogen-bond acceptors (Lipinski definition) is 2. The van der Waals surface area contributed by atoms with Crippen LogP contribution in [0.15, 0.2) is 52.3 Å². The summed E-state index contributed by atoms with van der Waals surface area (Å²) in [5, 5.41) is 9.30. The molecule has 2 aromatic rings. The van der Waals surface area contributed by atoms with Gasteiger partial charge in [0, 0.05) is 9.79 Å². The third-order valence-corrected chi connectivity index (χ3v) is 3.68. The largest absolute Gasteiger partial charge is 0.392 e. The minimum Gasteiger partial charge on any atom is -0.392 e. The average molecular weight is 269 g/mol. The maximum absolute atomic E-state index is 13.3. The van der Waals surface area contributed by atoms with Gasteiger partial charge in [0.1, 0.15) is 5.82 Å². The topological polar surface area (TPSA) is 20.2 Å². The van der Waals surface area contributed by atoms with Crippen molar-refractivity contribution in [1.82, 2.24) is 0 Å². The summed E-state index contributed by atoms with van der Waals surface area (Å²) in [6.45, 7) is -0.0285. The first-order valence-electron chi connectivity index (χ1n) is 5.02. The van der Waals surface area contributed by atoms with Crippen LogP contribution in [0.5, 0.6) is 0 Å². The van der Waals surface area contributed by atoms with Crippen LogP contribution in [0.2, 0.25) is 5.02 Å². The molecule has 0 bridgehead atoms. The number of aliphatic hydroxyl groups excluding tert-OH is 1. The Balaban J connectivity index is 2.28. The molecule has 0 atom stereocenters. The number of halogens is 2. The predicted molar refractivity (Wildman–Crippen MR) is 67.9 cm³/mol. The first-order chi connectivity index (χ1) is 8.20. The zero-order chi connectivity index (χ0) is 12.3. The Morgan fingerprint density at radius 2 is 1.94 bits per heavy atom. The minimum absolute atomic E-state index is 0.0285. The molecule has 0 amide bonds. The lowest BCUT2D eigenvalue weighted by molar-refractivity contribution is 0.279. The van der Waals surface area contributed by atoms with E-state index in [1.807, 2.05) is 24.3 Å². The fourth-order valence-electron chi connectivity index (χ4n) is 1.40. The van der Waals surface area contributed by atoms with Gasteiger partial charge >= 0.3 is 0 Å². The molecule has 0 unspecified atom stereocenters. The van der Waals surface area contributed by atoms with E-state index in [0.717, 1.165) is 15.4 Å². The van der Waals surface area contributed by atoms with E-state index in [2.05, 4.69) is 0 Å². The van der Waals surface area contributed by atoms with Crippen molar-refractivity contribution < 1.29 is 9.50 Å². The van der Waals surface area contributed by atoms with E-state index < -0.39 is 5.82 Å². The molecule has 2 rings (SSSR count). The van der Waals surface area contributed by atoms with Crippen LogP contribution in [-0.4, -0.2) is 5.11 Å².